The molecule has 4 heterocycles. The van der Waals surface area contributed by atoms with Gasteiger partial charge in [-0.05, 0) is 59.6 Å². The Labute approximate surface area is 200 Å². The summed E-state index contributed by atoms with van der Waals surface area (Å²) in [7, 11) is 0. The Morgan fingerprint density at radius 3 is 2.80 bits per heavy atom. The molecule has 0 radical (unpaired) electrons. The average Bonchev–Trinajstić information content (AvgIpc) is 3.51. The van der Waals surface area contributed by atoms with E-state index in [1.54, 1.807) is 12.3 Å². The standard InChI is InChI=1S/C27H22FN7/c1-2-29-13-16-10-19(15-30-14-16)17-6-7-23-22(12-17)25(35-34-23)27-32-24-21(8-9-31-26(24)33-27)18-4-3-5-20(28)11-18/h3-12,14-15,29H,2,13H2,1H3,(H,34,35)(H,31,32,33). The molecule has 172 valence electrons. The lowest BCUT2D eigenvalue weighted by Crippen LogP contribution is -2.11. The van der Waals surface area contributed by atoms with Crippen LogP contribution in [-0.2, 0) is 6.54 Å². The second kappa shape index (κ2) is 8.73. The van der Waals surface area contributed by atoms with E-state index in [9.17, 15) is 4.39 Å². The molecule has 35 heavy (non-hydrogen) atoms. The molecule has 0 spiro atoms. The SMILES string of the molecule is CCNCc1cncc(-c2ccc3[nH]nc(-c4nc5nccc(-c6cccc(F)c6)c5[nH]4)c3c2)c1. The third kappa shape index (κ3) is 3.94. The predicted octanol–water partition coefficient (Wildman–Crippen LogP) is 5.48. The Bertz CT molecular complexity index is 1670. The molecule has 0 fully saturated rings. The van der Waals surface area contributed by atoms with Crippen LogP contribution in [0.25, 0.3) is 55.8 Å². The summed E-state index contributed by atoms with van der Waals surface area (Å²) in [5, 5.41) is 11.9. The van der Waals surface area contributed by atoms with Crippen molar-refractivity contribution in [2.24, 2.45) is 0 Å². The summed E-state index contributed by atoms with van der Waals surface area (Å²) < 4.78 is 13.9. The van der Waals surface area contributed by atoms with Crippen molar-refractivity contribution in [3.05, 3.63) is 84.6 Å². The summed E-state index contributed by atoms with van der Waals surface area (Å²) in [6, 6.07) is 16.7. The zero-order valence-corrected chi connectivity index (χ0v) is 19.0. The molecule has 3 N–H and O–H groups in total. The molecule has 6 aromatic rings. The molecule has 0 unspecified atom stereocenters. The Morgan fingerprint density at radius 2 is 1.91 bits per heavy atom. The maximum atomic E-state index is 13.9. The maximum absolute atomic E-state index is 13.9. The van der Waals surface area contributed by atoms with Gasteiger partial charge in [-0.25, -0.2) is 14.4 Å². The molecular weight excluding hydrogens is 441 g/mol. The minimum absolute atomic E-state index is 0.290. The maximum Gasteiger partial charge on any atom is 0.178 e. The number of pyridine rings is 2. The van der Waals surface area contributed by atoms with Crippen LogP contribution < -0.4 is 5.32 Å². The summed E-state index contributed by atoms with van der Waals surface area (Å²) in [4.78, 5) is 16.9. The zero-order chi connectivity index (χ0) is 23.8. The molecule has 0 atom stereocenters. The summed E-state index contributed by atoms with van der Waals surface area (Å²) in [5.41, 5.74) is 7.68. The van der Waals surface area contributed by atoms with Crippen molar-refractivity contribution in [1.82, 2.24) is 35.5 Å². The highest BCUT2D eigenvalue weighted by molar-refractivity contribution is 5.97. The van der Waals surface area contributed by atoms with Gasteiger partial charge in [0.2, 0.25) is 0 Å². The van der Waals surface area contributed by atoms with Gasteiger partial charge in [-0.15, -0.1) is 0 Å². The molecule has 8 heteroatoms. The number of imidazole rings is 1. The minimum Gasteiger partial charge on any atom is -0.335 e. The number of fused-ring (bicyclic) bond motifs is 2. The van der Waals surface area contributed by atoms with E-state index in [-0.39, 0.29) is 5.82 Å². The number of nitrogens with one attached hydrogen (secondary N) is 3. The fraction of sp³-hybridized carbons (Fsp3) is 0.111. The number of halogens is 1. The van der Waals surface area contributed by atoms with Gasteiger partial charge < -0.3 is 10.3 Å². The molecule has 0 saturated heterocycles. The summed E-state index contributed by atoms with van der Waals surface area (Å²) in [6.45, 7) is 3.76. The van der Waals surface area contributed by atoms with Crippen molar-refractivity contribution in [2.45, 2.75) is 13.5 Å². The van der Waals surface area contributed by atoms with Crippen molar-refractivity contribution in [3.8, 4) is 33.8 Å². The fourth-order valence-electron chi connectivity index (χ4n) is 4.31. The van der Waals surface area contributed by atoms with Crippen LogP contribution in [0.15, 0.2) is 73.2 Å². The van der Waals surface area contributed by atoms with Crippen LogP contribution in [-0.4, -0.2) is 36.7 Å². The number of nitrogens with zero attached hydrogens (tertiary/aromatic N) is 4. The van der Waals surface area contributed by atoms with Gasteiger partial charge in [0.15, 0.2) is 11.5 Å². The Hall–Kier alpha value is -4.43. The summed E-state index contributed by atoms with van der Waals surface area (Å²) >= 11 is 0. The van der Waals surface area contributed by atoms with Crippen molar-refractivity contribution in [1.29, 1.82) is 0 Å². The third-order valence-corrected chi connectivity index (χ3v) is 6.02. The van der Waals surface area contributed by atoms with Gasteiger partial charge in [-0.3, -0.25) is 10.1 Å². The Kier molecular flexibility index (Phi) is 5.27. The van der Waals surface area contributed by atoms with Gasteiger partial charge in [0.25, 0.3) is 0 Å². The van der Waals surface area contributed by atoms with E-state index in [0.717, 1.165) is 57.3 Å². The first-order chi connectivity index (χ1) is 17.2. The van der Waals surface area contributed by atoms with Gasteiger partial charge in [-0.1, -0.05) is 25.1 Å². The van der Waals surface area contributed by atoms with Crippen LogP contribution in [0.4, 0.5) is 4.39 Å². The lowest BCUT2D eigenvalue weighted by atomic mass is 10.0. The van der Waals surface area contributed by atoms with Gasteiger partial charge in [0.05, 0.1) is 11.0 Å². The molecule has 7 nitrogen and oxygen atoms in total. The number of hydrogen-bond donors (Lipinski definition) is 3. The molecule has 2 aromatic carbocycles. The molecule has 0 amide bonds. The van der Waals surface area contributed by atoms with E-state index < -0.39 is 0 Å². The van der Waals surface area contributed by atoms with E-state index in [1.807, 2.05) is 30.6 Å². The van der Waals surface area contributed by atoms with E-state index in [4.69, 9.17) is 4.98 Å². The third-order valence-electron chi connectivity index (χ3n) is 6.02. The molecule has 0 bridgehead atoms. The number of aromatic nitrogens is 6. The van der Waals surface area contributed by atoms with Crippen molar-refractivity contribution >= 4 is 22.1 Å². The first-order valence-electron chi connectivity index (χ1n) is 11.4. The number of aromatic amines is 2. The molecule has 6 rings (SSSR count). The van der Waals surface area contributed by atoms with Crippen LogP contribution in [0.3, 0.4) is 0 Å². The van der Waals surface area contributed by atoms with Gasteiger partial charge >= 0.3 is 0 Å². The van der Waals surface area contributed by atoms with Crippen molar-refractivity contribution < 1.29 is 4.39 Å². The first kappa shape index (κ1) is 21.1. The number of hydrogen-bond acceptors (Lipinski definition) is 5. The molecule has 0 saturated carbocycles. The number of rotatable bonds is 6. The first-order valence-corrected chi connectivity index (χ1v) is 11.4. The van der Waals surface area contributed by atoms with Gasteiger partial charge in [0, 0.05) is 41.6 Å². The molecule has 4 aromatic heterocycles. The molecule has 0 aliphatic heterocycles. The largest absolute Gasteiger partial charge is 0.335 e. The number of H-pyrrole nitrogens is 2. The smallest absolute Gasteiger partial charge is 0.178 e. The topological polar surface area (TPSA) is 95.2 Å². The molecule has 0 aliphatic carbocycles. The monoisotopic (exact) mass is 463 g/mol. The highest BCUT2D eigenvalue weighted by Crippen LogP contribution is 2.32. The Morgan fingerprint density at radius 1 is 0.971 bits per heavy atom. The van der Waals surface area contributed by atoms with Crippen LogP contribution in [0.2, 0.25) is 0 Å². The normalized spacial score (nSPS) is 11.5. The van der Waals surface area contributed by atoms with Gasteiger partial charge in [-0.2, -0.15) is 5.10 Å². The lowest BCUT2D eigenvalue weighted by molar-refractivity contribution is 0.628. The zero-order valence-electron chi connectivity index (χ0n) is 19.0. The van der Waals surface area contributed by atoms with Crippen molar-refractivity contribution in [2.75, 3.05) is 6.54 Å². The molecule has 0 aliphatic rings. The second-order valence-electron chi connectivity index (χ2n) is 8.35. The highest BCUT2D eigenvalue weighted by atomic mass is 19.1. The van der Waals surface area contributed by atoms with Gasteiger partial charge in [0.1, 0.15) is 11.5 Å². The quantitative estimate of drug-likeness (QED) is 0.304. The van der Waals surface area contributed by atoms with Crippen LogP contribution >= 0.6 is 0 Å². The van der Waals surface area contributed by atoms with Crippen LogP contribution in [0.1, 0.15) is 12.5 Å². The van der Waals surface area contributed by atoms with Crippen LogP contribution in [0, 0.1) is 5.82 Å². The second-order valence-corrected chi connectivity index (χ2v) is 8.35. The van der Waals surface area contributed by atoms with E-state index in [2.05, 4.69) is 55.6 Å². The van der Waals surface area contributed by atoms with Crippen LogP contribution in [0.5, 0.6) is 0 Å². The lowest BCUT2D eigenvalue weighted by Gasteiger charge is -2.06. The average molecular weight is 464 g/mol. The van der Waals surface area contributed by atoms with E-state index in [0.29, 0.717) is 17.2 Å². The van der Waals surface area contributed by atoms with E-state index in [1.165, 1.54) is 12.1 Å². The predicted molar refractivity (Wildman–Crippen MR) is 135 cm³/mol. The van der Waals surface area contributed by atoms with E-state index >= 15 is 0 Å². The highest BCUT2D eigenvalue weighted by Gasteiger charge is 2.16. The summed E-state index contributed by atoms with van der Waals surface area (Å²) in [5.74, 6) is 0.306. The molecular formula is C27H22FN7. The minimum atomic E-state index is -0.290. The fourth-order valence-corrected chi connectivity index (χ4v) is 4.31. The van der Waals surface area contributed by atoms with Crippen molar-refractivity contribution in [3.63, 3.8) is 0 Å². The number of benzene rings is 2. The summed E-state index contributed by atoms with van der Waals surface area (Å²) in [6.07, 6.45) is 5.43. The Balaban J connectivity index is 1.44.